The fourth-order valence-corrected chi connectivity index (χ4v) is 2.81. The van der Waals surface area contributed by atoms with Crippen LogP contribution in [0.25, 0.3) is 0 Å². The molecule has 2 aromatic carbocycles. The topological polar surface area (TPSA) is 81.5 Å². The lowest BCUT2D eigenvalue weighted by atomic mass is 10.1. The summed E-state index contributed by atoms with van der Waals surface area (Å²) in [5.41, 5.74) is 0.216. The summed E-state index contributed by atoms with van der Waals surface area (Å²) < 4.78 is 18.6. The molecule has 0 aliphatic rings. The number of nitro benzene ring substituents is 1. The number of ether oxygens (including phenoxy) is 1. The minimum Gasteiger partial charge on any atom is -0.474 e. The van der Waals surface area contributed by atoms with Crippen LogP contribution in [0.15, 0.2) is 36.4 Å². The molecule has 2 aromatic rings. The SMILES string of the molecule is C[C@H](Oc1cc(F)ccc1[N+](=O)[O-])C(=O)N[C@@H](C)c1ccc(Cl)cc1Cl. The maximum Gasteiger partial charge on any atom is 0.311 e. The van der Waals surface area contributed by atoms with Crippen molar-refractivity contribution in [1.82, 2.24) is 5.32 Å². The zero-order valence-electron chi connectivity index (χ0n) is 13.8. The molecule has 9 heteroatoms. The van der Waals surface area contributed by atoms with Gasteiger partial charge < -0.3 is 10.1 Å². The molecule has 0 bridgehead atoms. The summed E-state index contributed by atoms with van der Waals surface area (Å²) in [5.74, 6) is -1.57. The Balaban J connectivity index is 2.10. The number of amides is 1. The van der Waals surface area contributed by atoms with E-state index in [1.807, 2.05) is 0 Å². The average Bonchev–Trinajstić information content (AvgIpc) is 2.54. The lowest BCUT2D eigenvalue weighted by Gasteiger charge is -2.20. The van der Waals surface area contributed by atoms with Crippen molar-refractivity contribution in [2.75, 3.05) is 0 Å². The highest BCUT2D eigenvalue weighted by molar-refractivity contribution is 6.35. The molecule has 0 radical (unpaired) electrons. The summed E-state index contributed by atoms with van der Waals surface area (Å²) in [6.45, 7) is 3.12. The highest BCUT2D eigenvalue weighted by Gasteiger charge is 2.23. The number of hydrogen-bond donors (Lipinski definition) is 1. The molecule has 0 aliphatic carbocycles. The third kappa shape index (κ3) is 4.83. The molecule has 1 amide bonds. The van der Waals surface area contributed by atoms with E-state index in [1.165, 1.54) is 6.92 Å². The first-order chi connectivity index (χ1) is 12.2. The van der Waals surface area contributed by atoms with Gasteiger partial charge in [0.05, 0.1) is 11.0 Å². The van der Waals surface area contributed by atoms with Gasteiger partial charge in [-0.2, -0.15) is 0 Å². The maximum absolute atomic E-state index is 13.3. The van der Waals surface area contributed by atoms with E-state index in [0.717, 1.165) is 18.2 Å². The predicted molar refractivity (Wildman–Crippen MR) is 96.2 cm³/mol. The minimum absolute atomic E-state index is 0.324. The van der Waals surface area contributed by atoms with E-state index in [9.17, 15) is 19.3 Å². The molecule has 0 fully saturated rings. The van der Waals surface area contributed by atoms with Gasteiger partial charge in [-0.05, 0) is 37.6 Å². The minimum atomic E-state index is -1.09. The molecule has 0 heterocycles. The monoisotopic (exact) mass is 400 g/mol. The Morgan fingerprint density at radius 3 is 2.54 bits per heavy atom. The molecule has 1 N–H and O–H groups in total. The van der Waals surface area contributed by atoms with Gasteiger partial charge in [-0.25, -0.2) is 4.39 Å². The third-order valence-corrected chi connectivity index (χ3v) is 4.14. The summed E-state index contributed by atoms with van der Waals surface area (Å²) in [7, 11) is 0. The molecule has 138 valence electrons. The Kier molecular flexibility index (Phi) is 6.39. The van der Waals surface area contributed by atoms with Crippen LogP contribution < -0.4 is 10.1 Å². The fraction of sp³-hybridized carbons (Fsp3) is 0.235. The average molecular weight is 401 g/mol. The molecular weight excluding hydrogens is 386 g/mol. The Bertz CT molecular complexity index is 848. The molecule has 0 aliphatic heterocycles. The summed E-state index contributed by atoms with van der Waals surface area (Å²) in [4.78, 5) is 22.6. The largest absolute Gasteiger partial charge is 0.474 e. The second-order valence-electron chi connectivity index (χ2n) is 5.53. The van der Waals surface area contributed by atoms with Crippen molar-refractivity contribution in [3.05, 3.63) is 67.9 Å². The van der Waals surface area contributed by atoms with Gasteiger partial charge in [-0.3, -0.25) is 14.9 Å². The molecule has 6 nitrogen and oxygen atoms in total. The van der Waals surface area contributed by atoms with Crippen molar-refractivity contribution in [2.45, 2.75) is 26.0 Å². The van der Waals surface area contributed by atoms with Gasteiger partial charge in [0.2, 0.25) is 5.75 Å². The Morgan fingerprint density at radius 2 is 1.92 bits per heavy atom. The molecule has 0 spiro atoms. The molecule has 0 saturated carbocycles. The molecule has 26 heavy (non-hydrogen) atoms. The number of carbonyl (C=O) groups is 1. The first-order valence-corrected chi connectivity index (χ1v) is 8.30. The van der Waals surface area contributed by atoms with Crippen LogP contribution in [-0.2, 0) is 4.79 Å². The van der Waals surface area contributed by atoms with Crippen LogP contribution in [0.4, 0.5) is 10.1 Å². The van der Waals surface area contributed by atoms with Crippen LogP contribution in [0.5, 0.6) is 5.75 Å². The van der Waals surface area contributed by atoms with Gasteiger partial charge in [0.15, 0.2) is 6.10 Å². The Labute approximate surface area is 159 Å². The van der Waals surface area contributed by atoms with Crippen LogP contribution in [0, 0.1) is 15.9 Å². The highest BCUT2D eigenvalue weighted by atomic mass is 35.5. The van der Waals surface area contributed by atoms with Gasteiger partial charge in [-0.1, -0.05) is 29.3 Å². The third-order valence-electron chi connectivity index (χ3n) is 3.58. The molecule has 2 rings (SSSR count). The molecule has 0 saturated heterocycles. The van der Waals surface area contributed by atoms with E-state index in [0.29, 0.717) is 15.6 Å². The van der Waals surface area contributed by atoms with Gasteiger partial charge in [0, 0.05) is 22.2 Å². The summed E-state index contributed by atoms with van der Waals surface area (Å²) in [6.07, 6.45) is -1.09. The van der Waals surface area contributed by atoms with Gasteiger partial charge in [-0.15, -0.1) is 0 Å². The van der Waals surface area contributed by atoms with Crippen molar-refractivity contribution < 1.29 is 18.8 Å². The number of carbonyl (C=O) groups excluding carboxylic acids is 1. The Hall–Kier alpha value is -2.38. The van der Waals surface area contributed by atoms with Crippen LogP contribution in [0.2, 0.25) is 10.0 Å². The van der Waals surface area contributed by atoms with E-state index in [4.69, 9.17) is 27.9 Å². The van der Waals surface area contributed by atoms with Crippen molar-refractivity contribution in [2.24, 2.45) is 0 Å². The smallest absolute Gasteiger partial charge is 0.311 e. The van der Waals surface area contributed by atoms with Crippen molar-refractivity contribution in [3.8, 4) is 5.75 Å². The quantitative estimate of drug-likeness (QED) is 0.563. The zero-order chi connectivity index (χ0) is 19.4. The molecular formula is C17H15Cl2FN2O4. The zero-order valence-corrected chi connectivity index (χ0v) is 15.3. The second-order valence-corrected chi connectivity index (χ2v) is 6.37. The molecule has 0 unspecified atom stereocenters. The van der Waals surface area contributed by atoms with E-state index in [1.54, 1.807) is 25.1 Å². The van der Waals surface area contributed by atoms with Crippen LogP contribution >= 0.6 is 23.2 Å². The molecule has 0 aromatic heterocycles. The van der Waals surface area contributed by atoms with Crippen molar-refractivity contribution in [3.63, 3.8) is 0 Å². The van der Waals surface area contributed by atoms with Crippen molar-refractivity contribution in [1.29, 1.82) is 0 Å². The number of halogens is 3. The first kappa shape index (κ1) is 19.9. The van der Waals surface area contributed by atoms with Gasteiger partial charge in [0.25, 0.3) is 5.91 Å². The number of nitro groups is 1. The number of nitrogens with one attached hydrogen (secondary N) is 1. The van der Waals surface area contributed by atoms with Crippen LogP contribution in [0.3, 0.4) is 0 Å². The van der Waals surface area contributed by atoms with E-state index in [-0.39, 0.29) is 5.75 Å². The first-order valence-electron chi connectivity index (χ1n) is 7.55. The van der Waals surface area contributed by atoms with E-state index in [2.05, 4.69) is 5.32 Å². The lowest BCUT2D eigenvalue weighted by molar-refractivity contribution is -0.386. The number of rotatable bonds is 6. The van der Waals surface area contributed by atoms with Gasteiger partial charge >= 0.3 is 5.69 Å². The maximum atomic E-state index is 13.3. The summed E-state index contributed by atoms with van der Waals surface area (Å²) in [5, 5.41) is 14.5. The summed E-state index contributed by atoms with van der Waals surface area (Å²) in [6, 6.07) is 7.20. The van der Waals surface area contributed by atoms with Crippen LogP contribution in [-0.4, -0.2) is 16.9 Å². The second kappa shape index (κ2) is 8.33. The van der Waals surface area contributed by atoms with Gasteiger partial charge in [0.1, 0.15) is 5.82 Å². The Morgan fingerprint density at radius 1 is 1.23 bits per heavy atom. The van der Waals surface area contributed by atoms with Crippen LogP contribution in [0.1, 0.15) is 25.5 Å². The normalized spacial score (nSPS) is 13.0. The highest BCUT2D eigenvalue weighted by Crippen LogP contribution is 2.29. The molecule has 2 atom stereocenters. The van der Waals surface area contributed by atoms with Crippen molar-refractivity contribution >= 4 is 34.8 Å². The van der Waals surface area contributed by atoms with E-state index < -0.39 is 34.5 Å². The number of nitrogens with zero attached hydrogens (tertiary/aromatic N) is 1. The fourth-order valence-electron chi connectivity index (χ4n) is 2.24. The summed E-state index contributed by atoms with van der Waals surface area (Å²) >= 11 is 12.0. The lowest BCUT2D eigenvalue weighted by Crippen LogP contribution is -2.38. The standard InChI is InChI=1S/C17H15Cl2FN2O4/c1-9(13-5-3-11(18)7-14(13)19)21-17(23)10(2)26-16-8-12(20)4-6-15(16)22(24)25/h3-10H,1-2H3,(H,21,23)/t9-,10-/m0/s1. The predicted octanol–water partition coefficient (Wildman–Crippen LogP) is 4.69. The number of benzene rings is 2. The number of hydrogen-bond acceptors (Lipinski definition) is 4. The van der Waals surface area contributed by atoms with E-state index >= 15 is 0 Å².